The Balaban J connectivity index is 3.28. The van der Waals surface area contributed by atoms with E-state index in [1.807, 2.05) is 13.8 Å². The first-order valence-corrected chi connectivity index (χ1v) is 4.94. The van der Waals surface area contributed by atoms with E-state index < -0.39 is 11.2 Å². The van der Waals surface area contributed by atoms with Gasteiger partial charge in [-0.05, 0) is 17.7 Å². The Morgan fingerprint density at radius 2 is 2.07 bits per heavy atom. The van der Waals surface area contributed by atoms with Gasteiger partial charge in [0.15, 0.2) is 11.6 Å². The van der Waals surface area contributed by atoms with Gasteiger partial charge in [0.05, 0.1) is 18.7 Å². The largest absolute Gasteiger partial charge is 0.494 e. The molecule has 15 heavy (non-hydrogen) atoms. The average molecular weight is 233 g/mol. The van der Waals surface area contributed by atoms with E-state index in [4.69, 9.17) is 16.3 Å². The Morgan fingerprint density at radius 3 is 2.53 bits per heavy atom. The lowest BCUT2D eigenvalue weighted by Crippen LogP contribution is -2.22. The number of halogens is 2. The highest BCUT2D eigenvalue weighted by Crippen LogP contribution is 2.32. The number of hydrogen-bond donors (Lipinski definition) is 1. The van der Waals surface area contributed by atoms with Crippen molar-refractivity contribution >= 4 is 11.6 Å². The second kappa shape index (κ2) is 4.37. The Labute approximate surface area is 93.6 Å². The molecule has 0 atom stereocenters. The van der Waals surface area contributed by atoms with Gasteiger partial charge < -0.3 is 9.84 Å². The van der Waals surface area contributed by atoms with Gasteiger partial charge in [-0.15, -0.1) is 0 Å². The zero-order valence-electron chi connectivity index (χ0n) is 8.97. The molecule has 1 aromatic rings. The van der Waals surface area contributed by atoms with Crippen molar-refractivity contribution in [3.05, 3.63) is 28.5 Å². The maximum atomic E-state index is 13.4. The minimum absolute atomic E-state index is 0.00544. The molecule has 4 heteroatoms. The molecular formula is C11H14ClFO2. The van der Waals surface area contributed by atoms with Crippen LogP contribution in [0.15, 0.2) is 12.1 Å². The number of methoxy groups -OCH3 is 1. The van der Waals surface area contributed by atoms with Crippen LogP contribution in [0.2, 0.25) is 5.02 Å². The number of benzene rings is 1. The molecular weight excluding hydrogens is 219 g/mol. The van der Waals surface area contributed by atoms with E-state index in [2.05, 4.69) is 0 Å². The number of hydrogen-bond acceptors (Lipinski definition) is 2. The van der Waals surface area contributed by atoms with Crippen LogP contribution in [-0.4, -0.2) is 18.8 Å². The summed E-state index contributed by atoms with van der Waals surface area (Å²) in [5, 5.41) is 9.20. The van der Waals surface area contributed by atoms with Gasteiger partial charge in [0.25, 0.3) is 0 Å². The lowest BCUT2D eigenvalue weighted by Gasteiger charge is -2.23. The zero-order chi connectivity index (χ0) is 11.6. The normalized spacial score (nSPS) is 11.6. The molecule has 0 spiro atoms. The summed E-state index contributed by atoms with van der Waals surface area (Å²) < 4.78 is 18.2. The summed E-state index contributed by atoms with van der Waals surface area (Å²) in [4.78, 5) is 0. The van der Waals surface area contributed by atoms with E-state index in [-0.39, 0.29) is 17.4 Å². The molecule has 2 nitrogen and oxygen atoms in total. The fourth-order valence-electron chi connectivity index (χ4n) is 1.19. The summed E-state index contributed by atoms with van der Waals surface area (Å²) in [6.07, 6.45) is 0. The van der Waals surface area contributed by atoms with Crippen LogP contribution in [0.1, 0.15) is 19.4 Å². The maximum Gasteiger partial charge on any atom is 0.183 e. The molecule has 0 saturated carbocycles. The quantitative estimate of drug-likeness (QED) is 0.869. The van der Waals surface area contributed by atoms with Crippen LogP contribution >= 0.6 is 11.6 Å². The second-order valence-electron chi connectivity index (χ2n) is 4.02. The van der Waals surface area contributed by atoms with E-state index in [0.29, 0.717) is 0 Å². The lowest BCUT2D eigenvalue weighted by atomic mass is 9.85. The van der Waals surface area contributed by atoms with Crippen LogP contribution in [0, 0.1) is 5.82 Å². The van der Waals surface area contributed by atoms with Gasteiger partial charge in [-0.2, -0.15) is 0 Å². The molecule has 0 aromatic heterocycles. The molecule has 0 amide bonds. The number of rotatable bonds is 3. The third kappa shape index (κ3) is 2.41. The molecule has 0 aliphatic heterocycles. The van der Waals surface area contributed by atoms with E-state index in [9.17, 15) is 9.50 Å². The van der Waals surface area contributed by atoms with Crippen molar-refractivity contribution in [1.29, 1.82) is 0 Å². The van der Waals surface area contributed by atoms with Gasteiger partial charge >= 0.3 is 0 Å². The van der Waals surface area contributed by atoms with Crippen molar-refractivity contribution in [2.45, 2.75) is 19.3 Å². The summed E-state index contributed by atoms with van der Waals surface area (Å²) in [6, 6.07) is 3.06. The molecule has 0 bridgehead atoms. The molecule has 1 rings (SSSR count). The molecule has 0 unspecified atom stereocenters. The molecule has 0 aliphatic carbocycles. The predicted octanol–water partition coefficient (Wildman–Crippen LogP) is 2.76. The summed E-state index contributed by atoms with van der Waals surface area (Å²) >= 11 is 5.72. The number of aliphatic hydroxyl groups is 1. The van der Waals surface area contributed by atoms with Crippen LogP contribution in [0.5, 0.6) is 5.75 Å². The van der Waals surface area contributed by atoms with E-state index in [1.165, 1.54) is 13.2 Å². The first-order chi connectivity index (χ1) is 6.92. The summed E-state index contributed by atoms with van der Waals surface area (Å²) in [5.41, 5.74) is 0.276. The number of aliphatic hydroxyl groups excluding tert-OH is 1. The first kappa shape index (κ1) is 12.3. The average Bonchev–Trinajstić information content (AvgIpc) is 2.21. The standard InChI is InChI=1S/C11H14ClFO2/c1-11(2,6-14)7-4-8(12)10(13)9(5-7)15-3/h4-5,14H,6H2,1-3H3. The molecule has 0 radical (unpaired) electrons. The zero-order valence-corrected chi connectivity index (χ0v) is 9.73. The van der Waals surface area contributed by atoms with Gasteiger partial charge in [-0.1, -0.05) is 25.4 Å². The maximum absolute atomic E-state index is 13.4. The topological polar surface area (TPSA) is 29.5 Å². The Morgan fingerprint density at radius 1 is 1.47 bits per heavy atom. The summed E-state index contributed by atoms with van der Waals surface area (Å²) in [6.45, 7) is 3.64. The molecule has 0 aliphatic rings. The lowest BCUT2D eigenvalue weighted by molar-refractivity contribution is 0.218. The van der Waals surface area contributed by atoms with Gasteiger partial charge in [-0.3, -0.25) is 0 Å². The number of ether oxygens (including phenoxy) is 1. The van der Waals surface area contributed by atoms with Gasteiger partial charge in [-0.25, -0.2) is 4.39 Å². The van der Waals surface area contributed by atoms with Crippen molar-refractivity contribution in [1.82, 2.24) is 0 Å². The van der Waals surface area contributed by atoms with E-state index in [0.717, 1.165) is 5.56 Å². The fourth-order valence-corrected chi connectivity index (χ4v) is 1.41. The van der Waals surface area contributed by atoms with Crippen LogP contribution in [-0.2, 0) is 5.41 Å². The van der Waals surface area contributed by atoms with E-state index in [1.54, 1.807) is 6.07 Å². The van der Waals surface area contributed by atoms with Crippen molar-refractivity contribution in [3.63, 3.8) is 0 Å². The van der Waals surface area contributed by atoms with Crippen LogP contribution < -0.4 is 4.74 Å². The smallest absolute Gasteiger partial charge is 0.183 e. The molecule has 84 valence electrons. The summed E-state index contributed by atoms with van der Waals surface area (Å²) in [5.74, 6) is -0.476. The van der Waals surface area contributed by atoms with Gasteiger partial charge in [0.2, 0.25) is 0 Å². The summed E-state index contributed by atoms with van der Waals surface area (Å²) in [7, 11) is 1.38. The van der Waals surface area contributed by atoms with Crippen molar-refractivity contribution in [3.8, 4) is 5.75 Å². The van der Waals surface area contributed by atoms with Crippen molar-refractivity contribution in [2.24, 2.45) is 0 Å². The molecule has 0 heterocycles. The Kier molecular flexibility index (Phi) is 3.58. The second-order valence-corrected chi connectivity index (χ2v) is 4.42. The highest BCUT2D eigenvalue weighted by atomic mass is 35.5. The molecule has 1 N–H and O–H groups in total. The van der Waals surface area contributed by atoms with E-state index >= 15 is 0 Å². The van der Waals surface area contributed by atoms with Crippen molar-refractivity contribution in [2.75, 3.05) is 13.7 Å². The minimum Gasteiger partial charge on any atom is -0.494 e. The Bertz CT molecular complexity index is 364. The first-order valence-electron chi connectivity index (χ1n) is 4.56. The monoisotopic (exact) mass is 232 g/mol. The third-order valence-corrected chi connectivity index (χ3v) is 2.67. The minimum atomic E-state index is -0.573. The van der Waals surface area contributed by atoms with Crippen LogP contribution in [0.4, 0.5) is 4.39 Å². The van der Waals surface area contributed by atoms with Crippen molar-refractivity contribution < 1.29 is 14.2 Å². The Hall–Kier alpha value is -0.800. The SMILES string of the molecule is COc1cc(C(C)(C)CO)cc(Cl)c1F. The third-order valence-electron chi connectivity index (χ3n) is 2.39. The fraction of sp³-hybridized carbons (Fsp3) is 0.455. The van der Waals surface area contributed by atoms with Gasteiger partial charge in [0, 0.05) is 5.41 Å². The predicted molar refractivity (Wildman–Crippen MR) is 58.1 cm³/mol. The highest BCUT2D eigenvalue weighted by Gasteiger charge is 2.22. The molecule has 0 fully saturated rings. The molecule has 1 aromatic carbocycles. The molecule has 0 saturated heterocycles. The van der Waals surface area contributed by atoms with Crippen LogP contribution in [0.3, 0.4) is 0 Å². The van der Waals surface area contributed by atoms with Gasteiger partial charge in [0.1, 0.15) is 0 Å². The highest BCUT2D eigenvalue weighted by molar-refractivity contribution is 6.31. The van der Waals surface area contributed by atoms with Crippen LogP contribution in [0.25, 0.3) is 0 Å².